The summed E-state index contributed by atoms with van der Waals surface area (Å²) in [5.74, 6) is 0.932. The third-order valence-corrected chi connectivity index (χ3v) is 12.1. The van der Waals surface area contributed by atoms with Crippen LogP contribution in [0.5, 0.6) is 0 Å². The Labute approximate surface area is 131 Å². The average molecular weight is 377 g/mol. The average Bonchev–Trinajstić information content (AvgIpc) is 2.40. The molecule has 1 heterocycles. The Hall–Kier alpha value is -0.350. The molecule has 0 saturated carbocycles. The summed E-state index contributed by atoms with van der Waals surface area (Å²) in [6.45, 7) is 9.37. The summed E-state index contributed by atoms with van der Waals surface area (Å²) in [7, 11) is 0. The van der Waals surface area contributed by atoms with E-state index in [2.05, 4.69) is 40.5 Å². The van der Waals surface area contributed by atoms with Crippen molar-refractivity contribution in [1.29, 1.82) is 0 Å². The zero-order valence-corrected chi connectivity index (χ0v) is 16.5. The number of nitrogens with zero attached hydrogens (tertiary/aromatic N) is 2. The van der Waals surface area contributed by atoms with Gasteiger partial charge in [0.25, 0.3) is 0 Å². The van der Waals surface area contributed by atoms with Crippen LogP contribution in [0.1, 0.15) is 13.8 Å². The predicted molar refractivity (Wildman–Crippen MR) is 90.8 cm³/mol. The molecule has 1 aromatic carbocycles. The molecule has 0 radical (unpaired) electrons. The van der Waals surface area contributed by atoms with Crippen LogP contribution in [0.2, 0.25) is 8.86 Å². The minimum atomic E-state index is -1.14. The standard InChI is InChI=1S/C15H25N3.CH3.In/c1-5-18(11-10-17(4)12-13(2)3)15-8-6-14(16)7-9-15;;/h6-9,13H,2,4-5,10-12,16H2,1,3H3;1H3;/t13-;;/m1../s1. The summed E-state index contributed by atoms with van der Waals surface area (Å²) in [4.78, 5) is 5.17. The van der Waals surface area contributed by atoms with Gasteiger partial charge in [0.05, 0.1) is 0 Å². The van der Waals surface area contributed by atoms with Gasteiger partial charge in [0.2, 0.25) is 0 Å². The summed E-state index contributed by atoms with van der Waals surface area (Å²) in [6, 6.07) is 8.28. The van der Waals surface area contributed by atoms with Gasteiger partial charge < -0.3 is 0 Å². The van der Waals surface area contributed by atoms with E-state index in [9.17, 15) is 0 Å². The molecule has 0 bridgehead atoms. The fraction of sp³-hybridized carbons (Fsp3) is 0.625. The molecule has 4 heteroatoms. The molecule has 110 valence electrons. The van der Waals surface area contributed by atoms with Crippen LogP contribution in [0, 0.1) is 5.92 Å². The molecule has 1 aliphatic rings. The van der Waals surface area contributed by atoms with Crippen LogP contribution < -0.4 is 10.6 Å². The number of benzene rings is 1. The van der Waals surface area contributed by atoms with Crippen molar-refractivity contribution in [3.8, 4) is 0 Å². The van der Waals surface area contributed by atoms with Crippen molar-refractivity contribution >= 4 is 32.8 Å². The number of likely N-dealkylation sites (N-methyl/N-ethyl adjacent to an activating group) is 1. The Morgan fingerprint density at radius 3 is 2.65 bits per heavy atom. The van der Waals surface area contributed by atoms with Crippen molar-refractivity contribution in [2.75, 3.05) is 41.1 Å². The molecular formula is C16H28InN3. The van der Waals surface area contributed by atoms with Gasteiger partial charge in [-0.2, -0.15) is 0 Å². The van der Waals surface area contributed by atoms with Crippen molar-refractivity contribution in [1.82, 2.24) is 4.90 Å². The first-order valence-corrected chi connectivity index (χ1v) is 15.9. The number of rotatable bonds is 5. The Morgan fingerprint density at radius 2 is 2.05 bits per heavy atom. The SMILES string of the molecule is CCN(CCN1C[C@@H](C)[CH2][In]([CH3])[CH2]1)c1ccc(N)cc1. The molecule has 0 spiro atoms. The Balaban J connectivity index is 1.89. The molecule has 1 atom stereocenters. The normalized spacial score (nSPS) is 20.1. The molecule has 0 unspecified atom stereocenters. The summed E-state index contributed by atoms with van der Waals surface area (Å²) in [6.07, 6.45) is 0. The van der Waals surface area contributed by atoms with Gasteiger partial charge in [0, 0.05) is 0 Å². The summed E-state index contributed by atoms with van der Waals surface area (Å²) < 4.78 is 5.64. The van der Waals surface area contributed by atoms with Crippen LogP contribution in [0.15, 0.2) is 24.3 Å². The number of hydrogen-bond acceptors (Lipinski definition) is 3. The minimum absolute atomic E-state index is 0.845. The van der Waals surface area contributed by atoms with E-state index in [-0.39, 0.29) is 0 Å². The molecule has 1 fully saturated rings. The molecule has 2 N–H and O–H groups in total. The molecule has 1 aromatic rings. The van der Waals surface area contributed by atoms with E-state index in [0.717, 1.165) is 24.7 Å². The first kappa shape index (κ1) is 16.0. The first-order chi connectivity index (χ1) is 9.58. The number of anilines is 2. The van der Waals surface area contributed by atoms with Gasteiger partial charge in [0.1, 0.15) is 0 Å². The molecule has 1 aliphatic heterocycles. The van der Waals surface area contributed by atoms with Crippen LogP contribution in [0.25, 0.3) is 0 Å². The molecule has 1 saturated heterocycles. The second-order valence-corrected chi connectivity index (χ2v) is 15.1. The zero-order chi connectivity index (χ0) is 14.5. The number of nitrogen functional groups attached to an aromatic ring is 1. The maximum absolute atomic E-state index is 5.77. The van der Waals surface area contributed by atoms with E-state index < -0.39 is 21.4 Å². The fourth-order valence-corrected chi connectivity index (χ4v) is 11.6. The molecule has 20 heavy (non-hydrogen) atoms. The van der Waals surface area contributed by atoms with Crippen molar-refractivity contribution in [3.63, 3.8) is 0 Å². The second kappa shape index (κ2) is 7.60. The predicted octanol–water partition coefficient (Wildman–Crippen LogP) is 2.71. The quantitative estimate of drug-likeness (QED) is 0.801. The molecule has 2 rings (SSSR count). The zero-order valence-electron chi connectivity index (χ0n) is 13.2. The van der Waals surface area contributed by atoms with Crippen molar-refractivity contribution in [2.45, 2.75) is 22.7 Å². The van der Waals surface area contributed by atoms with Gasteiger partial charge in [-0.05, 0) is 0 Å². The molecule has 0 aliphatic carbocycles. The van der Waals surface area contributed by atoms with Crippen LogP contribution >= 0.6 is 0 Å². The summed E-state index contributed by atoms with van der Waals surface area (Å²) >= 11 is -1.14. The van der Waals surface area contributed by atoms with Gasteiger partial charge >= 0.3 is 132 Å². The maximum atomic E-state index is 5.77. The Kier molecular flexibility index (Phi) is 6.09. The number of hydrogen-bond donors (Lipinski definition) is 1. The van der Waals surface area contributed by atoms with Gasteiger partial charge in [-0.25, -0.2) is 0 Å². The van der Waals surface area contributed by atoms with E-state index >= 15 is 0 Å². The topological polar surface area (TPSA) is 32.5 Å². The summed E-state index contributed by atoms with van der Waals surface area (Å²) in [5, 5.41) is 0. The van der Waals surface area contributed by atoms with Gasteiger partial charge in [-0.15, -0.1) is 0 Å². The molecule has 3 nitrogen and oxygen atoms in total. The van der Waals surface area contributed by atoms with Crippen LogP contribution in [-0.2, 0) is 0 Å². The van der Waals surface area contributed by atoms with Crippen LogP contribution in [0.4, 0.5) is 11.4 Å². The van der Waals surface area contributed by atoms with Gasteiger partial charge in [-0.3, -0.25) is 0 Å². The van der Waals surface area contributed by atoms with Crippen molar-refractivity contribution < 1.29 is 0 Å². The van der Waals surface area contributed by atoms with E-state index in [0.29, 0.717) is 0 Å². The van der Waals surface area contributed by atoms with Gasteiger partial charge in [0.15, 0.2) is 0 Å². The van der Waals surface area contributed by atoms with Crippen LogP contribution in [-0.4, -0.2) is 56.8 Å². The van der Waals surface area contributed by atoms with Crippen molar-refractivity contribution in [2.24, 2.45) is 5.92 Å². The third-order valence-electron chi connectivity index (χ3n) is 4.27. The van der Waals surface area contributed by atoms with E-state index in [1.54, 1.807) is 4.18 Å². The monoisotopic (exact) mass is 377 g/mol. The summed E-state index contributed by atoms with van der Waals surface area (Å²) in [5.41, 5.74) is 7.91. The van der Waals surface area contributed by atoms with E-state index in [4.69, 9.17) is 5.73 Å². The van der Waals surface area contributed by atoms with E-state index in [1.165, 1.54) is 23.1 Å². The second-order valence-electron chi connectivity index (χ2n) is 6.38. The third kappa shape index (κ3) is 4.59. The Morgan fingerprint density at radius 1 is 1.35 bits per heavy atom. The van der Waals surface area contributed by atoms with E-state index in [1.807, 2.05) is 12.1 Å². The fourth-order valence-electron chi connectivity index (χ4n) is 3.39. The van der Waals surface area contributed by atoms with Gasteiger partial charge in [-0.1, -0.05) is 0 Å². The van der Waals surface area contributed by atoms with Crippen molar-refractivity contribution in [3.05, 3.63) is 24.3 Å². The molecular weight excluding hydrogens is 349 g/mol. The Bertz CT molecular complexity index is 397. The molecule has 0 amide bonds. The van der Waals surface area contributed by atoms with Crippen LogP contribution in [0.3, 0.4) is 0 Å². The molecule has 0 aromatic heterocycles. The number of nitrogens with two attached hydrogens (primary N) is 1. The first-order valence-electron chi connectivity index (χ1n) is 7.91.